The fourth-order valence-corrected chi connectivity index (χ4v) is 2.84. The van der Waals surface area contributed by atoms with Gasteiger partial charge in [-0.05, 0) is 45.2 Å². The van der Waals surface area contributed by atoms with Gasteiger partial charge in [0, 0.05) is 18.6 Å². The van der Waals surface area contributed by atoms with E-state index in [1.807, 2.05) is 0 Å². The Morgan fingerprint density at radius 1 is 1.25 bits per heavy atom. The van der Waals surface area contributed by atoms with E-state index in [2.05, 4.69) is 31.0 Å². The molecule has 16 heavy (non-hydrogen) atoms. The van der Waals surface area contributed by atoms with E-state index in [9.17, 15) is 0 Å². The van der Waals surface area contributed by atoms with Crippen LogP contribution in [0.1, 0.15) is 59.3 Å². The highest BCUT2D eigenvalue weighted by atomic mass is 15.2. The summed E-state index contributed by atoms with van der Waals surface area (Å²) in [5.74, 6) is 0. The fourth-order valence-electron chi connectivity index (χ4n) is 2.84. The molecule has 0 aliphatic carbocycles. The third-order valence-corrected chi connectivity index (χ3v) is 3.75. The lowest BCUT2D eigenvalue weighted by Crippen LogP contribution is -2.43. The van der Waals surface area contributed by atoms with Crippen molar-refractivity contribution in [2.24, 2.45) is 0 Å². The Labute approximate surface area is 102 Å². The minimum atomic E-state index is 0.720. The van der Waals surface area contributed by atoms with Crippen LogP contribution in [0.2, 0.25) is 0 Å². The van der Waals surface area contributed by atoms with Gasteiger partial charge in [-0.3, -0.25) is 4.90 Å². The molecular weight excluding hydrogens is 196 g/mol. The van der Waals surface area contributed by atoms with Crippen molar-refractivity contribution < 1.29 is 0 Å². The van der Waals surface area contributed by atoms with Crippen LogP contribution in [0.25, 0.3) is 0 Å². The summed E-state index contributed by atoms with van der Waals surface area (Å²) in [6.45, 7) is 10.6. The van der Waals surface area contributed by atoms with Crippen LogP contribution in [0.15, 0.2) is 0 Å². The average molecular weight is 226 g/mol. The summed E-state index contributed by atoms with van der Waals surface area (Å²) in [6.07, 6.45) is 8.03. The molecule has 0 amide bonds. The molecular formula is C14H30N2. The zero-order valence-electron chi connectivity index (χ0n) is 11.5. The number of hydrogen-bond donors (Lipinski definition) is 1. The Balaban J connectivity index is 2.34. The third kappa shape index (κ3) is 4.42. The highest BCUT2D eigenvalue weighted by molar-refractivity contribution is 4.82. The van der Waals surface area contributed by atoms with Gasteiger partial charge < -0.3 is 5.32 Å². The van der Waals surface area contributed by atoms with Crippen molar-refractivity contribution in [3.05, 3.63) is 0 Å². The van der Waals surface area contributed by atoms with Crippen LogP contribution in [0.3, 0.4) is 0 Å². The van der Waals surface area contributed by atoms with Crippen molar-refractivity contribution in [3.8, 4) is 0 Å². The molecule has 2 unspecified atom stereocenters. The topological polar surface area (TPSA) is 15.3 Å². The number of nitrogens with zero attached hydrogens (tertiary/aromatic N) is 1. The van der Waals surface area contributed by atoms with E-state index in [-0.39, 0.29) is 0 Å². The van der Waals surface area contributed by atoms with Gasteiger partial charge in [0.1, 0.15) is 0 Å². The Morgan fingerprint density at radius 2 is 2.06 bits per heavy atom. The van der Waals surface area contributed by atoms with Crippen LogP contribution >= 0.6 is 0 Å². The molecule has 0 aromatic heterocycles. The molecule has 1 fully saturated rings. The van der Waals surface area contributed by atoms with Gasteiger partial charge in [0.05, 0.1) is 0 Å². The molecule has 0 bridgehead atoms. The molecule has 2 heteroatoms. The third-order valence-electron chi connectivity index (χ3n) is 3.75. The van der Waals surface area contributed by atoms with Gasteiger partial charge >= 0.3 is 0 Å². The molecule has 2 atom stereocenters. The van der Waals surface area contributed by atoms with E-state index >= 15 is 0 Å². The van der Waals surface area contributed by atoms with Crippen LogP contribution in [-0.2, 0) is 0 Å². The standard InChI is InChI=1S/C14H30N2/c1-4-8-13(15-10-5-2)12-16-11-7-9-14(16)6-3/h13-15H,4-12H2,1-3H3. The van der Waals surface area contributed by atoms with Crippen molar-refractivity contribution in [3.63, 3.8) is 0 Å². The Bertz CT molecular complexity index is 170. The van der Waals surface area contributed by atoms with E-state index in [0.717, 1.165) is 12.1 Å². The zero-order chi connectivity index (χ0) is 11.8. The highest BCUT2D eigenvalue weighted by Crippen LogP contribution is 2.20. The summed E-state index contributed by atoms with van der Waals surface area (Å²) in [6, 6.07) is 1.58. The second-order valence-corrected chi connectivity index (χ2v) is 5.14. The predicted octanol–water partition coefficient (Wildman–Crippen LogP) is 3.03. The maximum absolute atomic E-state index is 3.70. The SMILES string of the molecule is CCCNC(CCC)CN1CCCC1CC. The molecule has 2 nitrogen and oxygen atoms in total. The lowest BCUT2D eigenvalue weighted by atomic mass is 10.1. The van der Waals surface area contributed by atoms with Crippen molar-refractivity contribution >= 4 is 0 Å². The molecule has 0 spiro atoms. The summed E-state index contributed by atoms with van der Waals surface area (Å²) in [7, 11) is 0. The van der Waals surface area contributed by atoms with Gasteiger partial charge in [0.25, 0.3) is 0 Å². The second kappa shape index (κ2) is 8.08. The van der Waals surface area contributed by atoms with E-state index in [4.69, 9.17) is 0 Å². The molecule has 1 N–H and O–H groups in total. The van der Waals surface area contributed by atoms with E-state index in [0.29, 0.717) is 0 Å². The van der Waals surface area contributed by atoms with Crippen LogP contribution < -0.4 is 5.32 Å². The first-order valence-electron chi connectivity index (χ1n) is 7.29. The van der Waals surface area contributed by atoms with Gasteiger partial charge in [-0.25, -0.2) is 0 Å². The van der Waals surface area contributed by atoms with Crippen molar-refractivity contribution in [1.29, 1.82) is 0 Å². The molecule has 0 aromatic rings. The summed E-state index contributed by atoms with van der Waals surface area (Å²) < 4.78 is 0. The van der Waals surface area contributed by atoms with Crippen molar-refractivity contribution in [2.45, 2.75) is 71.4 Å². The summed E-state index contributed by atoms with van der Waals surface area (Å²) >= 11 is 0. The van der Waals surface area contributed by atoms with Crippen LogP contribution in [-0.4, -0.2) is 36.6 Å². The predicted molar refractivity (Wildman–Crippen MR) is 71.9 cm³/mol. The molecule has 1 aliphatic rings. The van der Waals surface area contributed by atoms with Crippen molar-refractivity contribution in [2.75, 3.05) is 19.6 Å². The van der Waals surface area contributed by atoms with Crippen molar-refractivity contribution in [1.82, 2.24) is 10.2 Å². The van der Waals surface area contributed by atoms with E-state index in [1.165, 1.54) is 58.2 Å². The maximum Gasteiger partial charge on any atom is 0.0195 e. The quantitative estimate of drug-likeness (QED) is 0.684. The summed E-state index contributed by atoms with van der Waals surface area (Å²) in [5, 5.41) is 3.70. The molecule has 0 saturated carbocycles. The monoisotopic (exact) mass is 226 g/mol. The maximum atomic E-state index is 3.70. The van der Waals surface area contributed by atoms with Gasteiger partial charge in [0.15, 0.2) is 0 Å². The molecule has 1 saturated heterocycles. The normalized spacial score (nSPS) is 23.8. The molecule has 1 heterocycles. The van der Waals surface area contributed by atoms with Gasteiger partial charge in [-0.2, -0.15) is 0 Å². The minimum Gasteiger partial charge on any atom is -0.313 e. The summed E-state index contributed by atoms with van der Waals surface area (Å²) in [5.41, 5.74) is 0. The largest absolute Gasteiger partial charge is 0.313 e. The Kier molecular flexibility index (Phi) is 7.06. The molecule has 96 valence electrons. The van der Waals surface area contributed by atoms with Gasteiger partial charge in [-0.1, -0.05) is 27.2 Å². The fraction of sp³-hybridized carbons (Fsp3) is 1.00. The van der Waals surface area contributed by atoms with Crippen LogP contribution in [0, 0.1) is 0 Å². The Morgan fingerprint density at radius 3 is 2.69 bits per heavy atom. The first kappa shape index (κ1) is 14.0. The van der Waals surface area contributed by atoms with E-state index in [1.54, 1.807) is 0 Å². The van der Waals surface area contributed by atoms with E-state index < -0.39 is 0 Å². The minimum absolute atomic E-state index is 0.720. The molecule has 1 rings (SSSR count). The molecule has 0 radical (unpaired) electrons. The molecule has 1 aliphatic heterocycles. The van der Waals surface area contributed by atoms with Gasteiger partial charge in [-0.15, -0.1) is 0 Å². The Hall–Kier alpha value is -0.0800. The number of hydrogen-bond acceptors (Lipinski definition) is 2. The van der Waals surface area contributed by atoms with Crippen LogP contribution in [0.4, 0.5) is 0 Å². The average Bonchev–Trinajstić information content (AvgIpc) is 2.73. The smallest absolute Gasteiger partial charge is 0.0195 e. The first-order chi connectivity index (χ1) is 7.81. The second-order valence-electron chi connectivity index (χ2n) is 5.14. The lowest BCUT2D eigenvalue weighted by molar-refractivity contribution is 0.215. The first-order valence-corrected chi connectivity index (χ1v) is 7.29. The number of likely N-dealkylation sites (tertiary alicyclic amines) is 1. The van der Waals surface area contributed by atoms with Crippen LogP contribution in [0.5, 0.6) is 0 Å². The summed E-state index contributed by atoms with van der Waals surface area (Å²) in [4.78, 5) is 2.71. The van der Waals surface area contributed by atoms with Gasteiger partial charge in [0.2, 0.25) is 0 Å². The molecule has 0 aromatic carbocycles. The lowest BCUT2D eigenvalue weighted by Gasteiger charge is -2.29. The number of rotatable bonds is 8. The number of nitrogens with one attached hydrogen (secondary N) is 1. The zero-order valence-corrected chi connectivity index (χ0v) is 11.5. The highest BCUT2D eigenvalue weighted by Gasteiger charge is 2.24.